The number of hydrogen-bond donors (Lipinski definition) is 6. The maximum Gasteiger partial charge on any atom is 0.300 e. The van der Waals surface area contributed by atoms with Crippen molar-refractivity contribution in [2.75, 3.05) is 13.1 Å². The van der Waals surface area contributed by atoms with E-state index in [2.05, 4.69) is 0 Å². The second kappa shape index (κ2) is 56.3. The van der Waals surface area contributed by atoms with Gasteiger partial charge in [0, 0.05) is 159 Å². The van der Waals surface area contributed by atoms with Crippen LogP contribution in [0.2, 0.25) is 0 Å². The van der Waals surface area contributed by atoms with E-state index in [1.165, 1.54) is 0 Å². The standard InChI is InChI=1S/C2H8N2.4C2H4O2.4Na/c3-1-2-4;4*1-2(3)4;;;;/h1-4H2;4*1H3,(H,3,4);;;;. The smallest absolute Gasteiger partial charge is 0.300 e. The van der Waals surface area contributed by atoms with Gasteiger partial charge >= 0.3 is 0 Å². The quantitative estimate of drug-likeness (QED) is 0.265. The zero-order valence-corrected chi connectivity index (χ0v) is 24.0. The fourth-order valence-electron chi connectivity index (χ4n) is 0. The van der Waals surface area contributed by atoms with Crippen LogP contribution in [0, 0.1) is 0 Å². The van der Waals surface area contributed by atoms with Crippen molar-refractivity contribution in [2.45, 2.75) is 27.7 Å². The Morgan fingerprint density at radius 3 is 0.583 bits per heavy atom. The summed E-state index contributed by atoms with van der Waals surface area (Å²) in [4.78, 5) is 36.0. The van der Waals surface area contributed by atoms with Crippen LogP contribution in [0.15, 0.2) is 0 Å². The van der Waals surface area contributed by atoms with Crippen LogP contribution in [0.4, 0.5) is 0 Å². The Morgan fingerprint density at radius 2 is 0.583 bits per heavy atom. The van der Waals surface area contributed by atoms with Crippen LogP contribution in [0.5, 0.6) is 0 Å². The molecule has 126 valence electrons. The molecular formula is C10H24N2Na4O8. The summed E-state index contributed by atoms with van der Waals surface area (Å²) < 4.78 is 0. The summed E-state index contributed by atoms with van der Waals surface area (Å²) >= 11 is 0. The fourth-order valence-corrected chi connectivity index (χ4v) is 0. The molecule has 0 aromatic heterocycles. The zero-order valence-electron chi connectivity index (χ0n) is 16.0. The average Bonchev–Trinajstić information content (AvgIpc) is 2.13. The summed E-state index contributed by atoms with van der Waals surface area (Å²) in [5.41, 5.74) is 9.81. The monoisotopic (exact) mass is 392 g/mol. The number of hydrogen-bond acceptors (Lipinski definition) is 6. The Labute approximate surface area is 230 Å². The fraction of sp³-hybridized carbons (Fsp3) is 0.600. The summed E-state index contributed by atoms with van der Waals surface area (Å²) in [6, 6.07) is 0. The molecule has 10 nitrogen and oxygen atoms in total. The maximum absolute atomic E-state index is 9.00. The van der Waals surface area contributed by atoms with Crippen LogP contribution in [-0.4, -0.2) is 176 Å². The normalized spacial score (nSPS) is 5.42. The van der Waals surface area contributed by atoms with Gasteiger partial charge in [0.25, 0.3) is 23.9 Å². The van der Waals surface area contributed by atoms with Crippen molar-refractivity contribution in [1.82, 2.24) is 0 Å². The minimum absolute atomic E-state index is 0. The number of carboxylic acids is 4. The van der Waals surface area contributed by atoms with Crippen LogP contribution in [0.3, 0.4) is 0 Å². The van der Waals surface area contributed by atoms with Gasteiger partial charge < -0.3 is 31.9 Å². The predicted molar refractivity (Wildman–Crippen MR) is 94.4 cm³/mol. The number of nitrogens with two attached hydrogens (primary N) is 2. The van der Waals surface area contributed by atoms with Crippen molar-refractivity contribution >= 4 is 142 Å². The molecule has 0 bridgehead atoms. The Kier molecular flexibility index (Phi) is 132. The molecule has 0 aliphatic carbocycles. The van der Waals surface area contributed by atoms with E-state index in [0.29, 0.717) is 13.1 Å². The van der Waals surface area contributed by atoms with Gasteiger partial charge in [-0.25, -0.2) is 0 Å². The molecule has 0 spiro atoms. The molecule has 0 rings (SSSR count). The summed E-state index contributed by atoms with van der Waals surface area (Å²) in [7, 11) is 0. The van der Waals surface area contributed by atoms with E-state index < -0.39 is 23.9 Å². The van der Waals surface area contributed by atoms with E-state index in [0.717, 1.165) is 27.7 Å². The van der Waals surface area contributed by atoms with E-state index in [4.69, 9.17) is 51.1 Å². The Balaban J connectivity index is -0.0000000161. The van der Waals surface area contributed by atoms with Gasteiger partial charge in [-0.05, 0) is 0 Å². The molecule has 0 fully saturated rings. The van der Waals surface area contributed by atoms with E-state index in [-0.39, 0.29) is 118 Å². The van der Waals surface area contributed by atoms with Crippen LogP contribution in [-0.2, 0) is 19.2 Å². The Hall–Kier alpha value is 1.80. The molecule has 0 saturated carbocycles. The summed E-state index contributed by atoms with van der Waals surface area (Å²) in [5.74, 6) is -3.33. The summed E-state index contributed by atoms with van der Waals surface area (Å²) in [5, 5.41) is 29.7. The molecule has 24 heavy (non-hydrogen) atoms. The van der Waals surface area contributed by atoms with Crippen LogP contribution < -0.4 is 11.5 Å². The molecule has 8 N–H and O–H groups in total. The first-order valence-corrected chi connectivity index (χ1v) is 5.03. The first-order valence-electron chi connectivity index (χ1n) is 5.03. The van der Waals surface area contributed by atoms with E-state index in [9.17, 15) is 0 Å². The van der Waals surface area contributed by atoms with Crippen LogP contribution in [0.25, 0.3) is 0 Å². The van der Waals surface area contributed by atoms with Crippen molar-refractivity contribution < 1.29 is 39.6 Å². The maximum atomic E-state index is 9.00. The number of rotatable bonds is 1. The number of carboxylic acid groups (broad SMARTS) is 4. The molecule has 0 aromatic carbocycles. The van der Waals surface area contributed by atoms with Crippen molar-refractivity contribution in [3.05, 3.63) is 0 Å². The van der Waals surface area contributed by atoms with Gasteiger partial charge in [0.15, 0.2) is 0 Å². The predicted octanol–water partition coefficient (Wildman–Crippen LogP) is -2.26. The second-order valence-electron chi connectivity index (χ2n) is 2.65. The average molecular weight is 392 g/mol. The van der Waals surface area contributed by atoms with Crippen molar-refractivity contribution in [3.63, 3.8) is 0 Å². The second-order valence-corrected chi connectivity index (χ2v) is 2.65. The molecule has 0 saturated heterocycles. The van der Waals surface area contributed by atoms with Gasteiger partial charge in [-0.1, -0.05) is 0 Å². The molecule has 14 heteroatoms. The van der Waals surface area contributed by atoms with Gasteiger partial charge in [-0.15, -0.1) is 0 Å². The zero-order chi connectivity index (χ0) is 17.7. The molecule has 0 atom stereocenters. The molecule has 0 aromatic rings. The van der Waals surface area contributed by atoms with E-state index in [1.807, 2.05) is 0 Å². The minimum atomic E-state index is -0.833. The van der Waals surface area contributed by atoms with E-state index in [1.54, 1.807) is 0 Å². The third kappa shape index (κ3) is 1580. The Morgan fingerprint density at radius 1 is 0.542 bits per heavy atom. The molecule has 0 amide bonds. The molecule has 0 aliphatic heterocycles. The van der Waals surface area contributed by atoms with Gasteiger partial charge in [-0.3, -0.25) is 19.2 Å². The van der Waals surface area contributed by atoms with Crippen molar-refractivity contribution in [2.24, 2.45) is 11.5 Å². The summed E-state index contributed by atoms with van der Waals surface area (Å²) in [6.07, 6.45) is 0. The topological polar surface area (TPSA) is 201 Å². The van der Waals surface area contributed by atoms with Gasteiger partial charge in [-0.2, -0.15) is 0 Å². The Bertz CT molecular complexity index is 205. The number of aliphatic carboxylic acids is 4. The van der Waals surface area contributed by atoms with Crippen LogP contribution in [0.1, 0.15) is 27.7 Å². The third-order valence-corrected chi connectivity index (χ3v) is 0.167. The van der Waals surface area contributed by atoms with Gasteiger partial charge in [0.1, 0.15) is 0 Å². The molecule has 0 aliphatic rings. The first-order chi connectivity index (χ1) is 8.84. The van der Waals surface area contributed by atoms with Crippen molar-refractivity contribution in [1.29, 1.82) is 0 Å². The first kappa shape index (κ1) is 56.2. The van der Waals surface area contributed by atoms with E-state index >= 15 is 0 Å². The molecule has 0 heterocycles. The largest absolute Gasteiger partial charge is 0.481 e. The molecular weight excluding hydrogens is 368 g/mol. The van der Waals surface area contributed by atoms with Gasteiger partial charge in [0.05, 0.1) is 0 Å². The van der Waals surface area contributed by atoms with Crippen molar-refractivity contribution in [3.8, 4) is 0 Å². The SMILES string of the molecule is CC(=O)O.CC(=O)O.CC(=O)O.CC(=O)O.NCCN.[Na].[Na].[Na].[Na]. The van der Waals surface area contributed by atoms with Crippen LogP contribution >= 0.6 is 0 Å². The minimum Gasteiger partial charge on any atom is -0.481 e. The number of carbonyl (C=O) groups is 4. The molecule has 0 unspecified atom stereocenters. The third-order valence-electron chi connectivity index (χ3n) is 0.167. The van der Waals surface area contributed by atoms with Gasteiger partial charge in [0.2, 0.25) is 0 Å². The summed E-state index contributed by atoms with van der Waals surface area (Å²) in [6.45, 7) is 5.53. The molecule has 4 radical (unpaired) electrons.